The van der Waals surface area contributed by atoms with Gasteiger partial charge in [0.2, 0.25) is 0 Å². The molecule has 0 unspecified atom stereocenters. The molecule has 0 fully saturated rings. The van der Waals surface area contributed by atoms with E-state index in [1.165, 1.54) is 4.88 Å². The van der Waals surface area contributed by atoms with E-state index >= 15 is 0 Å². The second-order valence-corrected chi connectivity index (χ2v) is 5.66. The minimum Gasteiger partial charge on any atom is -0.380 e. The van der Waals surface area contributed by atoms with Gasteiger partial charge in [0, 0.05) is 17.1 Å². The molecule has 96 valence electrons. The zero-order valence-electron chi connectivity index (χ0n) is 9.82. The quantitative estimate of drug-likeness (QED) is 0.803. The van der Waals surface area contributed by atoms with E-state index in [4.69, 9.17) is 11.6 Å². The van der Waals surface area contributed by atoms with Gasteiger partial charge >= 0.3 is 0 Å². The maximum atomic E-state index is 5.89. The standard InChI is InChI=1S/C12H10ClN5S/c13-12-6-5-11(19-12)7-14-9-1-3-10(4-2-9)18-8-15-16-17-18/h1-6,8,14H,7H2. The minimum atomic E-state index is 0.765. The van der Waals surface area contributed by atoms with E-state index in [0.717, 1.165) is 22.3 Å². The van der Waals surface area contributed by atoms with Gasteiger partial charge in [-0.1, -0.05) is 11.6 Å². The summed E-state index contributed by atoms with van der Waals surface area (Å²) >= 11 is 7.47. The Bertz CT molecular complexity index is 647. The van der Waals surface area contributed by atoms with Crippen LogP contribution in [0.15, 0.2) is 42.7 Å². The molecule has 7 heteroatoms. The first-order valence-electron chi connectivity index (χ1n) is 5.63. The summed E-state index contributed by atoms with van der Waals surface area (Å²) in [6, 6.07) is 11.8. The summed E-state index contributed by atoms with van der Waals surface area (Å²) in [6.45, 7) is 0.765. The fourth-order valence-electron chi connectivity index (χ4n) is 1.65. The fraction of sp³-hybridized carbons (Fsp3) is 0.0833. The van der Waals surface area contributed by atoms with Crippen LogP contribution in [0.25, 0.3) is 5.69 Å². The van der Waals surface area contributed by atoms with Gasteiger partial charge in [0.15, 0.2) is 0 Å². The highest BCUT2D eigenvalue weighted by molar-refractivity contribution is 7.16. The number of aromatic nitrogens is 4. The lowest BCUT2D eigenvalue weighted by Gasteiger charge is -2.05. The Morgan fingerprint density at radius 2 is 2.00 bits per heavy atom. The largest absolute Gasteiger partial charge is 0.380 e. The molecule has 1 N–H and O–H groups in total. The number of tetrazole rings is 1. The van der Waals surface area contributed by atoms with Crippen LogP contribution in [0.4, 0.5) is 5.69 Å². The topological polar surface area (TPSA) is 55.6 Å². The maximum absolute atomic E-state index is 5.89. The summed E-state index contributed by atoms with van der Waals surface area (Å²) in [4.78, 5) is 1.20. The van der Waals surface area contributed by atoms with E-state index in [2.05, 4.69) is 20.8 Å². The summed E-state index contributed by atoms with van der Waals surface area (Å²) in [5.41, 5.74) is 1.97. The van der Waals surface area contributed by atoms with Crippen molar-refractivity contribution in [2.45, 2.75) is 6.54 Å². The summed E-state index contributed by atoms with van der Waals surface area (Å²) in [5.74, 6) is 0. The van der Waals surface area contributed by atoms with Crippen molar-refractivity contribution in [2.24, 2.45) is 0 Å². The molecule has 0 saturated heterocycles. The van der Waals surface area contributed by atoms with Crippen LogP contribution in [0.2, 0.25) is 4.34 Å². The predicted octanol–water partition coefficient (Wildman–Crippen LogP) is 2.99. The third kappa shape index (κ3) is 2.91. The average molecular weight is 292 g/mol. The molecule has 0 aliphatic carbocycles. The number of hydrogen-bond acceptors (Lipinski definition) is 5. The molecule has 0 aliphatic rings. The minimum absolute atomic E-state index is 0.765. The summed E-state index contributed by atoms with van der Waals surface area (Å²) < 4.78 is 2.42. The van der Waals surface area contributed by atoms with Crippen LogP contribution in [0, 0.1) is 0 Å². The first kappa shape index (κ1) is 12.1. The number of thiophene rings is 1. The molecule has 0 amide bonds. The second kappa shape index (κ2) is 5.38. The Kier molecular flexibility index (Phi) is 3.43. The van der Waals surface area contributed by atoms with Crippen molar-refractivity contribution in [3.05, 3.63) is 51.9 Å². The molecular weight excluding hydrogens is 282 g/mol. The summed E-state index contributed by atoms with van der Waals surface area (Å²) in [5, 5.41) is 14.4. The van der Waals surface area contributed by atoms with E-state index in [-0.39, 0.29) is 0 Å². The van der Waals surface area contributed by atoms with Gasteiger partial charge in [-0.15, -0.1) is 16.4 Å². The molecule has 3 aromatic rings. The first-order valence-corrected chi connectivity index (χ1v) is 6.82. The van der Waals surface area contributed by atoms with Crippen molar-refractivity contribution in [3.8, 4) is 5.69 Å². The van der Waals surface area contributed by atoms with Crippen LogP contribution in [0.3, 0.4) is 0 Å². The van der Waals surface area contributed by atoms with Crippen LogP contribution in [0.5, 0.6) is 0 Å². The third-order valence-electron chi connectivity index (χ3n) is 2.58. The van der Waals surface area contributed by atoms with E-state index in [0.29, 0.717) is 0 Å². The smallest absolute Gasteiger partial charge is 0.143 e. The molecule has 19 heavy (non-hydrogen) atoms. The predicted molar refractivity (Wildman–Crippen MR) is 75.8 cm³/mol. The van der Waals surface area contributed by atoms with Crippen LogP contribution < -0.4 is 5.32 Å². The molecular formula is C12H10ClN5S. The van der Waals surface area contributed by atoms with Crippen LogP contribution in [0.1, 0.15) is 4.88 Å². The van der Waals surface area contributed by atoms with Crippen molar-refractivity contribution in [1.82, 2.24) is 20.2 Å². The molecule has 0 atom stereocenters. The van der Waals surface area contributed by atoms with Gasteiger partial charge in [-0.05, 0) is 46.8 Å². The maximum Gasteiger partial charge on any atom is 0.143 e. The Hall–Kier alpha value is -1.92. The molecule has 0 aliphatic heterocycles. The van der Waals surface area contributed by atoms with E-state index < -0.39 is 0 Å². The third-order valence-corrected chi connectivity index (χ3v) is 3.81. The molecule has 2 heterocycles. The van der Waals surface area contributed by atoms with Crippen LogP contribution >= 0.6 is 22.9 Å². The highest BCUT2D eigenvalue weighted by Crippen LogP contribution is 2.22. The lowest BCUT2D eigenvalue weighted by Crippen LogP contribution is -1.99. The Morgan fingerprint density at radius 3 is 2.63 bits per heavy atom. The van der Waals surface area contributed by atoms with Gasteiger partial charge in [-0.3, -0.25) is 0 Å². The summed E-state index contributed by atoms with van der Waals surface area (Å²) in [7, 11) is 0. The van der Waals surface area contributed by atoms with Crippen molar-refractivity contribution in [3.63, 3.8) is 0 Å². The molecule has 3 rings (SSSR count). The normalized spacial score (nSPS) is 10.6. The first-order chi connectivity index (χ1) is 9.31. The zero-order chi connectivity index (χ0) is 13.1. The molecule has 0 radical (unpaired) electrons. The van der Waals surface area contributed by atoms with Gasteiger partial charge in [0.1, 0.15) is 6.33 Å². The highest BCUT2D eigenvalue weighted by atomic mass is 35.5. The number of nitrogens with zero attached hydrogens (tertiary/aromatic N) is 4. The van der Waals surface area contributed by atoms with Crippen molar-refractivity contribution in [1.29, 1.82) is 0 Å². The Balaban J connectivity index is 1.66. The van der Waals surface area contributed by atoms with Crippen molar-refractivity contribution < 1.29 is 0 Å². The average Bonchev–Trinajstić information content (AvgIpc) is 3.08. The van der Waals surface area contributed by atoms with E-state index in [9.17, 15) is 0 Å². The Labute approximate surface area is 118 Å². The van der Waals surface area contributed by atoms with Crippen molar-refractivity contribution in [2.75, 3.05) is 5.32 Å². The summed E-state index contributed by atoms with van der Waals surface area (Å²) in [6.07, 6.45) is 1.57. The zero-order valence-corrected chi connectivity index (χ0v) is 11.4. The molecule has 1 aromatic carbocycles. The van der Waals surface area contributed by atoms with Gasteiger partial charge in [0.05, 0.1) is 10.0 Å². The van der Waals surface area contributed by atoms with Crippen LogP contribution in [-0.4, -0.2) is 20.2 Å². The van der Waals surface area contributed by atoms with Gasteiger partial charge in [0.25, 0.3) is 0 Å². The number of anilines is 1. The molecule has 5 nitrogen and oxygen atoms in total. The molecule has 2 aromatic heterocycles. The SMILES string of the molecule is Clc1ccc(CNc2ccc(-n3cnnn3)cc2)s1. The van der Waals surface area contributed by atoms with Crippen molar-refractivity contribution >= 4 is 28.6 Å². The monoisotopic (exact) mass is 291 g/mol. The van der Waals surface area contributed by atoms with E-state index in [1.807, 2.05) is 36.4 Å². The highest BCUT2D eigenvalue weighted by Gasteiger charge is 2.00. The van der Waals surface area contributed by atoms with Gasteiger partial charge in [-0.2, -0.15) is 0 Å². The fourth-order valence-corrected chi connectivity index (χ4v) is 2.67. The lowest BCUT2D eigenvalue weighted by atomic mass is 10.3. The van der Waals surface area contributed by atoms with Crippen LogP contribution in [-0.2, 0) is 6.54 Å². The van der Waals surface area contributed by atoms with Gasteiger partial charge < -0.3 is 5.32 Å². The second-order valence-electron chi connectivity index (χ2n) is 3.86. The number of hydrogen-bond donors (Lipinski definition) is 1. The lowest BCUT2D eigenvalue weighted by molar-refractivity contribution is 0.789. The van der Waals surface area contributed by atoms with E-state index in [1.54, 1.807) is 22.3 Å². The number of benzene rings is 1. The van der Waals surface area contributed by atoms with Gasteiger partial charge in [-0.25, -0.2) is 4.68 Å². The Morgan fingerprint density at radius 1 is 1.16 bits per heavy atom. The number of rotatable bonds is 4. The number of halogens is 1. The number of nitrogens with one attached hydrogen (secondary N) is 1. The molecule has 0 spiro atoms. The molecule has 0 bridgehead atoms. The molecule has 0 saturated carbocycles.